The molecule has 0 aromatic carbocycles. The molecule has 1 amide bonds. The Morgan fingerprint density at radius 3 is 2.68 bits per heavy atom. The molecular formula is C13H23N3O2S. The number of thiazole rings is 1. The van der Waals surface area contributed by atoms with Crippen molar-refractivity contribution >= 4 is 22.4 Å². The van der Waals surface area contributed by atoms with Crippen molar-refractivity contribution in [2.45, 2.75) is 39.2 Å². The van der Waals surface area contributed by atoms with Gasteiger partial charge in [0.1, 0.15) is 0 Å². The van der Waals surface area contributed by atoms with Gasteiger partial charge in [-0.15, -0.1) is 11.3 Å². The van der Waals surface area contributed by atoms with Gasteiger partial charge in [0.05, 0.1) is 18.7 Å². The number of nitrogen functional groups attached to an aromatic ring is 1. The number of ether oxygens (including phenoxy) is 1. The maximum absolute atomic E-state index is 12.4. The Hall–Kier alpha value is -1.14. The van der Waals surface area contributed by atoms with E-state index in [-0.39, 0.29) is 11.9 Å². The fraction of sp³-hybridized carbons (Fsp3) is 0.692. The van der Waals surface area contributed by atoms with Crippen LogP contribution in [-0.2, 0) is 16.0 Å². The summed E-state index contributed by atoms with van der Waals surface area (Å²) in [5.41, 5.74) is 6.34. The van der Waals surface area contributed by atoms with Gasteiger partial charge in [0.2, 0.25) is 5.91 Å². The van der Waals surface area contributed by atoms with Crippen LogP contribution in [0.1, 0.15) is 32.4 Å². The van der Waals surface area contributed by atoms with Crippen LogP contribution < -0.4 is 5.73 Å². The number of carbonyl (C=O) groups is 1. The molecule has 0 aliphatic heterocycles. The lowest BCUT2D eigenvalue weighted by Crippen LogP contribution is -2.42. The van der Waals surface area contributed by atoms with Crippen molar-refractivity contribution in [3.63, 3.8) is 0 Å². The maximum atomic E-state index is 12.4. The third-order valence-corrected chi connectivity index (χ3v) is 3.86. The Labute approximate surface area is 118 Å². The molecule has 1 heterocycles. The number of aromatic nitrogens is 1. The van der Waals surface area contributed by atoms with Crippen molar-refractivity contribution in [1.82, 2.24) is 9.88 Å². The van der Waals surface area contributed by atoms with Crippen molar-refractivity contribution in [3.05, 3.63) is 11.1 Å². The van der Waals surface area contributed by atoms with Gasteiger partial charge in [-0.25, -0.2) is 4.98 Å². The van der Waals surface area contributed by atoms with Gasteiger partial charge in [-0.1, -0.05) is 13.8 Å². The third kappa shape index (κ3) is 4.80. The fourth-order valence-corrected chi connectivity index (χ4v) is 2.65. The van der Waals surface area contributed by atoms with Crippen LogP contribution in [0, 0.1) is 0 Å². The molecule has 0 bridgehead atoms. The van der Waals surface area contributed by atoms with Crippen LogP contribution in [0.4, 0.5) is 5.13 Å². The Morgan fingerprint density at radius 1 is 1.53 bits per heavy atom. The van der Waals surface area contributed by atoms with E-state index in [2.05, 4.69) is 18.8 Å². The van der Waals surface area contributed by atoms with Gasteiger partial charge in [-0.2, -0.15) is 0 Å². The summed E-state index contributed by atoms with van der Waals surface area (Å²) >= 11 is 1.37. The van der Waals surface area contributed by atoms with Crippen LogP contribution >= 0.6 is 11.3 Å². The second kappa shape index (κ2) is 8.12. The molecule has 6 heteroatoms. The van der Waals surface area contributed by atoms with Crippen molar-refractivity contribution in [1.29, 1.82) is 0 Å². The molecule has 0 radical (unpaired) electrons. The van der Waals surface area contributed by atoms with E-state index in [4.69, 9.17) is 10.5 Å². The highest BCUT2D eigenvalue weighted by molar-refractivity contribution is 7.13. The third-order valence-electron chi connectivity index (χ3n) is 3.14. The summed E-state index contributed by atoms with van der Waals surface area (Å²) < 4.78 is 5.09. The molecule has 2 N–H and O–H groups in total. The van der Waals surface area contributed by atoms with Gasteiger partial charge in [0, 0.05) is 25.1 Å². The summed E-state index contributed by atoms with van der Waals surface area (Å²) in [6.45, 7) is 5.38. The number of rotatable bonds is 8. The molecule has 1 aromatic rings. The van der Waals surface area contributed by atoms with E-state index in [9.17, 15) is 4.79 Å². The first-order valence-electron chi connectivity index (χ1n) is 6.60. The standard InChI is InChI=1S/C13H23N3O2S/c1-4-11(5-2)16(6-7-18-3)12(17)8-10-9-19-13(14)15-10/h9,11H,4-8H2,1-3H3,(H2,14,15). The first-order valence-corrected chi connectivity index (χ1v) is 7.48. The summed E-state index contributed by atoms with van der Waals surface area (Å²) in [5.74, 6) is 0.0936. The monoisotopic (exact) mass is 285 g/mol. The van der Waals surface area contributed by atoms with E-state index in [0.717, 1.165) is 18.5 Å². The van der Waals surface area contributed by atoms with Crippen LogP contribution in [0.5, 0.6) is 0 Å². The van der Waals surface area contributed by atoms with Crippen LogP contribution in [0.3, 0.4) is 0 Å². The first-order chi connectivity index (χ1) is 9.12. The van der Waals surface area contributed by atoms with Gasteiger partial charge < -0.3 is 15.4 Å². The van der Waals surface area contributed by atoms with Gasteiger partial charge in [-0.05, 0) is 12.8 Å². The molecule has 0 aliphatic rings. The average Bonchev–Trinajstić information content (AvgIpc) is 2.79. The molecule has 1 rings (SSSR count). The average molecular weight is 285 g/mol. The zero-order valence-corrected chi connectivity index (χ0v) is 12.7. The Balaban J connectivity index is 2.69. The largest absolute Gasteiger partial charge is 0.383 e. The Morgan fingerprint density at radius 2 is 2.21 bits per heavy atom. The minimum absolute atomic E-state index is 0.0936. The fourth-order valence-electron chi connectivity index (χ4n) is 2.09. The lowest BCUT2D eigenvalue weighted by molar-refractivity contribution is -0.133. The minimum atomic E-state index is 0.0936. The summed E-state index contributed by atoms with van der Waals surface area (Å²) in [5, 5.41) is 2.35. The predicted molar refractivity (Wildman–Crippen MR) is 78.2 cm³/mol. The molecule has 108 valence electrons. The molecule has 0 unspecified atom stereocenters. The van der Waals surface area contributed by atoms with Crippen molar-refractivity contribution in [3.8, 4) is 0 Å². The zero-order valence-electron chi connectivity index (χ0n) is 11.9. The summed E-state index contributed by atoms with van der Waals surface area (Å²) in [7, 11) is 1.65. The number of nitrogens with two attached hydrogens (primary N) is 1. The van der Waals surface area contributed by atoms with E-state index in [1.165, 1.54) is 11.3 Å². The van der Waals surface area contributed by atoms with Crippen LogP contribution in [-0.4, -0.2) is 42.1 Å². The zero-order chi connectivity index (χ0) is 14.3. The quantitative estimate of drug-likeness (QED) is 0.792. The van der Waals surface area contributed by atoms with Crippen LogP contribution in [0.15, 0.2) is 5.38 Å². The second-order valence-electron chi connectivity index (χ2n) is 4.40. The molecular weight excluding hydrogens is 262 g/mol. The summed E-state index contributed by atoms with van der Waals surface area (Å²) in [6.07, 6.45) is 2.21. The van der Waals surface area contributed by atoms with E-state index in [1.54, 1.807) is 7.11 Å². The normalized spacial score (nSPS) is 10.9. The number of carbonyl (C=O) groups excluding carboxylic acids is 1. The highest BCUT2D eigenvalue weighted by Gasteiger charge is 2.21. The van der Waals surface area contributed by atoms with Crippen LogP contribution in [0.25, 0.3) is 0 Å². The van der Waals surface area contributed by atoms with E-state index >= 15 is 0 Å². The number of hydrogen-bond donors (Lipinski definition) is 1. The number of amides is 1. The lowest BCUT2D eigenvalue weighted by atomic mass is 10.1. The van der Waals surface area contributed by atoms with Gasteiger partial charge in [0.25, 0.3) is 0 Å². The minimum Gasteiger partial charge on any atom is -0.383 e. The van der Waals surface area contributed by atoms with Crippen molar-refractivity contribution < 1.29 is 9.53 Å². The van der Waals surface area contributed by atoms with Crippen LogP contribution in [0.2, 0.25) is 0 Å². The second-order valence-corrected chi connectivity index (χ2v) is 5.29. The van der Waals surface area contributed by atoms with E-state index in [0.29, 0.717) is 24.7 Å². The molecule has 0 aliphatic carbocycles. The number of nitrogens with zero attached hydrogens (tertiary/aromatic N) is 2. The molecule has 0 saturated carbocycles. The molecule has 0 atom stereocenters. The summed E-state index contributed by atoms with van der Waals surface area (Å²) in [6, 6.07) is 0.263. The SMILES string of the molecule is CCC(CC)N(CCOC)C(=O)Cc1csc(N)n1. The highest BCUT2D eigenvalue weighted by atomic mass is 32.1. The molecule has 1 aromatic heterocycles. The Kier molecular flexibility index (Phi) is 6.80. The van der Waals surface area contributed by atoms with E-state index in [1.807, 2.05) is 10.3 Å². The van der Waals surface area contributed by atoms with Gasteiger partial charge in [0.15, 0.2) is 5.13 Å². The predicted octanol–water partition coefficient (Wildman–Crippen LogP) is 1.93. The number of anilines is 1. The maximum Gasteiger partial charge on any atom is 0.228 e. The van der Waals surface area contributed by atoms with Gasteiger partial charge >= 0.3 is 0 Å². The van der Waals surface area contributed by atoms with Gasteiger partial charge in [-0.3, -0.25) is 4.79 Å². The first kappa shape index (κ1) is 15.9. The molecule has 5 nitrogen and oxygen atoms in total. The highest BCUT2D eigenvalue weighted by Crippen LogP contribution is 2.15. The molecule has 0 saturated heterocycles. The molecule has 19 heavy (non-hydrogen) atoms. The smallest absolute Gasteiger partial charge is 0.228 e. The topological polar surface area (TPSA) is 68.5 Å². The number of methoxy groups -OCH3 is 1. The lowest BCUT2D eigenvalue weighted by Gasteiger charge is -2.30. The molecule has 0 fully saturated rings. The number of hydrogen-bond acceptors (Lipinski definition) is 5. The van der Waals surface area contributed by atoms with Crippen molar-refractivity contribution in [2.24, 2.45) is 0 Å². The van der Waals surface area contributed by atoms with Crippen molar-refractivity contribution in [2.75, 3.05) is 26.0 Å². The summed E-state index contributed by atoms with van der Waals surface area (Å²) in [4.78, 5) is 18.4. The van der Waals surface area contributed by atoms with E-state index < -0.39 is 0 Å². The molecule has 0 spiro atoms. The Bertz CT molecular complexity index is 391.